The van der Waals surface area contributed by atoms with Gasteiger partial charge in [0.05, 0.1) is 7.11 Å². The molecule has 0 aliphatic heterocycles. The molecule has 136 valence electrons. The molecule has 0 saturated heterocycles. The maximum absolute atomic E-state index is 12.3. The van der Waals surface area contributed by atoms with Gasteiger partial charge in [-0.15, -0.1) is 0 Å². The molecule has 2 amide bonds. The van der Waals surface area contributed by atoms with Gasteiger partial charge in [-0.2, -0.15) is 0 Å². The van der Waals surface area contributed by atoms with Crippen molar-refractivity contribution >= 4 is 11.8 Å². The molecule has 1 heterocycles. The number of nitrogens with zero attached hydrogens (tertiary/aromatic N) is 1. The molecule has 0 atom stereocenters. The second kappa shape index (κ2) is 8.48. The van der Waals surface area contributed by atoms with Crippen LogP contribution in [0.4, 0.5) is 0 Å². The van der Waals surface area contributed by atoms with E-state index in [9.17, 15) is 9.59 Å². The Labute approximate surface area is 155 Å². The van der Waals surface area contributed by atoms with E-state index >= 15 is 0 Å². The van der Waals surface area contributed by atoms with Gasteiger partial charge in [-0.1, -0.05) is 6.07 Å². The Hall–Kier alpha value is -3.87. The van der Waals surface area contributed by atoms with E-state index < -0.39 is 11.8 Å². The van der Waals surface area contributed by atoms with Gasteiger partial charge in [0, 0.05) is 23.5 Å². The number of aromatic nitrogens is 1. The zero-order chi connectivity index (χ0) is 19.1. The van der Waals surface area contributed by atoms with E-state index in [1.54, 1.807) is 80.2 Å². The summed E-state index contributed by atoms with van der Waals surface area (Å²) in [5.41, 5.74) is 5.50. The third kappa shape index (κ3) is 4.82. The number of hydrogen-bond donors (Lipinski definition) is 2. The first-order valence-electron chi connectivity index (χ1n) is 8.08. The molecule has 2 aromatic carbocycles. The van der Waals surface area contributed by atoms with Crippen LogP contribution in [0.25, 0.3) is 0 Å². The average Bonchev–Trinajstić information content (AvgIpc) is 2.72. The number of carbonyl (C=O) groups is 2. The fraction of sp³-hybridized carbons (Fsp3) is 0.0500. The number of benzene rings is 2. The van der Waals surface area contributed by atoms with Gasteiger partial charge >= 0.3 is 0 Å². The van der Waals surface area contributed by atoms with Crippen molar-refractivity contribution in [1.29, 1.82) is 0 Å². The van der Waals surface area contributed by atoms with Crippen LogP contribution in [-0.2, 0) is 0 Å². The van der Waals surface area contributed by atoms with Crippen molar-refractivity contribution in [2.75, 3.05) is 7.11 Å². The highest BCUT2D eigenvalue weighted by Crippen LogP contribution is 2.21. The predicted octanol–water partition coefficient (Wildman–Crippen LogP) is 2.96. The number of hydrogen-bond acceptors (Lipinski definition) is 5. The number of methoxy groups -OCH3 is 1. The van der Waals surface area contributed by atoms with Crippen molar-refractivity contribution in [3.05, 3.63) is 84.2 Å². The molecule has 0 unspecified atom stereocenters. The summed E-state index contributed by atoms with van der Waals surface area (Å²) in [6, 6.07) is 16.6. The second-order valence-electron chi connectivity index (χ2n) is 5.45. The minimum Gasteiger partial charge on any atom is -0.497 e. The molecule has 0 saturated carbocycles. The van der Waals surface area contributed by atoms with Gasteiger partial charge in [0.1, 0.15) is 17.2 Å². The maximum atomic E-state index is 12.3. The number of rotatable bonds is 5. The van der Waals surface area contributed by atoms with Crippen LogP contribution in [0.15, 0.2) is 73.1 Å². The van der Waals surface area contributed by atoms with E-state index in [1.807, 2.05) is 0 Å². The van der Waals surface area contributed by atoms with Crippen molar-refractivity contribution in [3.8, 4) is 17.2 Å². The molecule has 0 radical (unpaired) electrons. The van der Waals surface area contributed by atoms with Crippen molar-refractivity contribution < 1.29 is 19.1 Å². The third-order valence-electron chi connectivity index (χ3n) is 3.62. The summed E-state index contributed by atoms with van der Waals surface area (Å²) in [6.07, 6.45) is 3.22. The number of pyridine rings is 1. The highest BCUT2D eigenvalue weighted by atomic mass is 16.5. The van der Waals surface area contributed by atoms with Crippen molar-refractivity contribution in [2.24, 2.45) is 0 Å². The topological polar surface area (TPSA) is 89.6 Å². The van der Waals surface area contributed by atoms with Gasteiger partial charge in [-0.25, -0.2) is 0 Å². The smallest absolute Gasteiger partial charge is 0.269 e. The normalized spacial score (nSPS) is 9.96. The SMILES string of the molecule is COc1ccc(C(=O)NNC(=O)c2cccc(Oc3ccncc3)c2)cc1. The first-order chi connectivity index (χ1) is 13.2. The average molecular weight is 363 g/mol. The van der Waals surface area contributed by atoms with Gasteiger partial charge in [0.25, 0.3) is 11.8 Å². The van der Waals surface area contributed by atoms with Crippen LogP contribution in [0.1, 0.15) is 20.7 Å². The van der Waals surface area contributed by atoms with E-state index in [-0.39, 0.29) is 0 Å². The van der Waals surface area contributed by atoms with Crippen LogP contribution < -0.4 is 20.3 Å². The van der Waals surface area contributed by atoms with Gasteiger partial charge in [0.15, 0.2) is 0 Å². The highest BCUT2D eigenvalue weighted by Gasteiger charge is 2.10. The van der Waals surface area contributed by atoms with Crippen LogP contribution in [-0.4, -0.2) is 23.9 Å². The minimum atomic E-state index is -0.461. The predicted molar refractivity (Wildman–Crippen MR) is 98.7 cm³/mol. The summed E-state index contributed by atoms with van der Waals surface area (Å²) < 4.78 is 10.7. The van der Waals surface area contributed by atoms with Crippen molar-refractivity contribution in [3.63, 3.8) is 0 Å². The lowest BCUT2D eigenvalue weighted by Crippen LogP contribution is -2.41. The van der Waals surface area contributed by atoms with E-state index in [1.165, 1.54) is 0 Å². The lowest BCUT2D eigenvalue weighted by molar-refractivity contribution is 0.0846. The number of ether oxygens (including phenoxy) is 2. The van der Waals surface area contributed by atoms with Crippen LogP contribution in [0.2, 0.25) is 0 Å². The molecular formula is C20H17N3O4. The minimum absolute atomic E-state index is 0.344. The van der Waals surface area contributed by atoms with E-state index in [2.05, 4.69) is 15.8 Å². The van der Waals surface area contributed by atoms with Gasteiger partial charge in [0.2, 0.25) is 0 Å². The van der Waals surface area contributed by atoms with Gasteiger partial charge in [-0.3, -0.25) is 25.4 Å². The lowest BCUT2D eigenvalue weighted by atomic mass is 10.2. The molecule has 0 aliphatic carbocycles. The van der Waals surface area contributed by atoms with Crippen LogP contribution in [0.3, 0.4) is 0 Å². The zero-order valence-corrected chi connectivity index (χ0v) is 14.5. The Morgan fingerprint density at radius 3 is 2.11 bits per heavy atom. The fourth-order valence-electron chi connectivity index (χ4n) is 2.24. The van der Waals surface area contributed by atoms with Crippen molar-refractivity contribution in [1.82, 2.24) is 15.8 Å². The van der Waals surface area contributed by atoms with Crippen molar-refractivity contribution in [2.45, 2.75) is 0 Å². The Balaban J connectivity index is 1.60. The zero-order valence-electron chi connectivity index (χ0n) is 14.5. The van der Waals surface area contributed by atoms with E-state index in [0.29, 0.717) is 28.4 Å². The third-order valence-corrected chi connectivity index (χ3v) is 3.62. The molecule has 0 bridgehead atoms. The Bertz CT molecular complexity index is 927. The largest absolute Gasteiger partial charge is 0.497 e. The lowest BCUT2D eigenvalue weighted by Gasteiger charge is -2.09. The molecule has 0 spiro atoms. The molecule has 2 N–H and O–H groups in total. The maximum Gasteiger partial charge on any atom is 0.269 e. The Morgan fingerprint density at radius 2 is 1.44 bits per heavy atom. The van der Waals surface area contributed by atoms with Gasteiger partial charge in [-0.05, 0) is 54.6 Å². The summed E-state index contributed by atoms with van der Waals surface area (Å²) >= 11 is 0. The number of nitrogens with one attached hydrogen (secondary N) is 2. The fourth-order valence-corrected chi connectivity index (χ4v) is 2.24. The Morgan fingerprint density at radius 1 is 0.778 bits per heavy atom. The molecule has 27 heavy (non-hydrogen) atoms. The number of hydrazine groups is 1. The Kier molecular flexibility index (Phi) is 5.64. The number of carbonyl (C=O) groups excluding carboxylic acids is 2. The number of amides is 2. The van der Waals surface area contributed by atoms with E-state index in [4.69, 9.17) is 9.47 Å². The van der Waals surface area contributed by atoms with E-state index in [0.717, 1.165) is 0 Å². The van der Waals surface area contributed by atoms with Crippen LogP contribution >= 0.6 is 0 Å². The molecule has 7 nitrogen and oxygen atoms in total. The first kappa shape index (κ1) is 17.9. The van der Waals surface area contributed by atoms with Crippen LogP contribution in [0, 0.1) is 0 Å². The molecular weight excluding hydrogens is 346 g/mol. The van der Waals surface area contributed by atoms with Crippen LogP contribution in [0.5, 0.6) is 17.2 Å². The second-order valence-corrected chi connectivity index (χ2v) is 5.45. The molecule has 0 fully saturated rings. The summed E-state index contributed by atoms with van der Waals surface area (Å²) in [6.45, 7) is 0. The summed E-state index contributed by atoms with van der Waals surface area (Å²) in [5.74, 6) is 0.847. The summed E-state index contributed by atoms with van der Waals surface area (Å²) in [4.78, 5) is 28.3. The molecule has 7 heteroatoms. The summed E-state index contributed by atoms with van der Waals surface area (Å²) in [5, 5.41) is 0. The summed E-state index contributed by atoms with van der Waals surface area (Å²) in [7, 11) is 1.54. The first-order valence-corrected chi connectivity index (χ1v) is 8.08. The molecule has 1 aromatic heterocycles. The highest BCUT2D eigenvalue weighted by molar-refractivity contribution is 5.99. The molecule has 0 aliphatic rings. The van der Waals surface area contributed by atoms with Gasteiger partial charge < -0.3 is 9.47 Å². The standard InChI is InChI=1S/C20H17N3O4/c1-26-16-7-5-14(6-8-16)19(24)22-23-20(25)15-3-2-4-18(13-15)27-17-9-11-21-12-10-17/h2-13H,1H3,(H,22,24)(H,23,25). The quantitative estimate of drug-likeness (QED) is 0.680. The monoisotopic (exact) mass is 363 g/mol. The molecule has 3 rings (SSSR count). The molecule has 3 aromatic rings.